The zero-order valence-corrected chi connectivity index (χ0v) is 10.3. The lowest BCUT2D eigenvalue weighted by Gasteiger charge is -2.38. The number of anilines is 1. The average Bonchev–Trinajstić information content (AvgIpc) is 2.24. The topological polar surface area (TPSA) is 50.9 Å². The van der Waals surface area contributed by atoms with E-state index in [4.69, 9.17) is 18.0 Å². The molecule has 0 atom stereocenters. The van der Waals surface area contributed by atoms with E-state index in [1.165, 1.54) is 19.3 Å². The van der Waals surface area contributed by atoms with E-state index < -0.39 is 0 Å². The summed E-state index contributed by atoms with van der Waals surface area (Å²) in [6.45, 7) is 3.28. The molecule has 1 aliphatic rings. The highest BCUT2D eigenvalue weighted by Gasteiger charge is 2.31. The van der Waals surface area contributed by atoms with E-state index in [0.29, 0.717) is 10.4 Å². The fourth-order valence-corrected chi connectivity index (χ4v) is 2.07. The summed E-state index contributed by atoms with van der Waals surface area (Å²) in [5, 5.41) is 3.36. The van der Waals surface area contributed by atoms with Crippen LogP contribution < -0.4 is 11.1 Å². The Kier molecular flexibility index (Phi) is 3.10. The Morgan fingerprint density at radius 1 is 1.62 bits per heavy atom. The summed E-state index contributed by atoms with van der Waals surface area (Å²) in [6, 6.07) is 3.74. The number of aromatic nitrogens is 1. The second-order valence-corrected chi connectivity index (χ2v) is 5.25. The highest BCUT2D eigenvalue weighted by molar-refractivity contribution is 7.80. The molecule has 0 bridgehead atoms. The van der Waals surface area contributed by atoms with Gasteiger partial charge in [-0.25, -0.2) is 4.98 Å². The van der Waals surface area contributed by atoms with Crippen LogP contribution in [0.3, 0.4) is 0 Å². The van der Waals surface area contributed by atoms with Crippen LogP contribution in [0.5, 0.6) is 0 Å². The van der Waals surface area contributed by atoms with Gasteiger partial charge < -0.3 is 11.1 Å². The number of nitrogens with zero attached hydrogens (tertiary/aromatic N) is 1. The van der Waals surface area contributed by atoms with Gasteiger partial charge in [0.05, 0.1) is 0 Å². The van der Waals surface area contributed by atoms with Gasteiger partial charge in [0.25, 0.3) is 0 Å². The number of rotatable bonds is 4. The summed E-state index contributed by atoms with van der Waals surface area (Å²) < 4.78 is 0. The summed E-state index contributed by atoms with van der Waals surface area (Å²) in [6.07, 6.45) is 5.68. The molecular weight excluding hydrogens is 218 g/mol. The van der Waals surface area contributed by atoms with Gasteiger partial charge in [0, 0.05) is 18.3 Å². The molecule has 0 aliphatic heterocycles. The fraction of sp³-hybridized carbons (Fsp3) is 0.500. The highest BCUT2D eigenvalue weighted by atomic mass is 32.1. The first-order valence-corrected chi connectivity index (χ1v) is 6.00. The minimum atomic E-state index is 0.417. The van der Waals surface area contributed by atoms with Crippen molar-refractivity contribution in [2.75, 3.05) is 11.9 Å². The first kappa shape index (κ1) is 11.3. The number of hydrogen-bond acceptors (Lipinski definition) is 3. The van der Waals surface area contributed by atoms with Crippen molar-refractivity contribution >= 4 is 23.0 Å². The zero-order valence-electron chi connectivity index (χ0n) is 9.49. The molecule has 1 aliphatic carbocycles. The van der Waals surface area contributed by atoms with Gasteiger partial charge in [0.2, 0.25) is 0 Å². The third kappa shape index (κ3) is 2.50. The molecule has 0 radical (unpaired) electrons. The molecule has 0 amide bonds. The first-order chi connectivity index (χ1) is 7.59. The third-order valence-corrected chi connectivity index (χ3v) is 3.54. The molecule has 0 saturated heterocycles. The molecule has 1 fully saturated rings. The van der Waals surface area contributed by atoms with Gasteiger partial charge in [-0.3, -0.25) is 0 Å². The molecule has 1 heterocycles. The average molecular weight is 235 g/mol. The number of nitrogens with one attached hydrogen (secondary N) is 1. The Labute approximate surface area is 101 Å². The standard InChI is InChI=1S/C12H17N3S/c1-12(4-2-5-12)8-15-10-7-9(11(13)16)3-6-14-10/h3,6-7H,2,4-5,8H2,1H3,(H2,13,16)(H,14,15). The molecule has 16 heavy (non-hydrogen) atoms. The zero-order chi connectivity index (χ0) is 11.6. The summed E-state index contributed by atoms with van der Waals surface area (Å²) in [4.78, 5) is 4.67. The van der Waals surface area contributed by atoms with E-state index in [-0.39, 0.29) is 0 Å². The van der Waals surface area contributed by atoms with E-state index in [1.54, 1.807) is 6.20 Å². The SMILES string of the molecule is CC1(CNc2cc(C(N)=S)ccn2)CCC1. The van der Waals surface area contributed by atoms with Gasteiger partial charge in [-0.1, -0.05) is 25.6 Å². The fourth-order valence-electron chi connectivity index (χ4n) is 1.94. The predicted molar refractivity (Wildman–Crippen MR) is 70.6 cm³/mol. The van der Waals surface area contributed by atoms with E-state index in [2.05, 4.69) is 17.2 Å². The van der Waals surface area contributed by atoms with E-state index in [9.17, 15) is 0 Å². The van der Waals surface area contributed by atoms with Crippen molar-refractivity contribution in [1.29, 1.82) is 0 Å². The summed E-state index contributed by atoms with van der Waals surface area (Å²) in [7, 11) is 0. The Balaban J connectivity index is 1.98. The monoisotopic (exact) mass is 235 g/mol. The first-order valence-electron chi connectivity index (χ1n) is 5.59. The van der Waals surface area contributed by atoms with Gasteiger partial charge in [0.1, 0.15) is 10.8 Å². The van der Waals surface area contributed by atoms with Crippen LogP contribution in [-0.2, 0) is 0 Å². The van der Waals surface area contributed by atoms with Gasteiger partial charge in [0.15, 0.2) is 0 Å². The van der Waals surface area contributed by atoms with Crippen LogP contribution in [0.1, 0.15) is 31.7 Å². The van der Waals surface area contributed by atoms with Crippen LogP contribution in [0.2, 0.25) is 0 Å². The van der Waals surface area contributed by atoms with Crippen molar-refractivity contribution < 1.29 is 0 Å². The Bertz CT molecular complexity index is 399. The Morgan fingerprint density at radius 2 is 2.38 bits per heavy atom. The van der Waals surface area contributed by atoms with E-state index >= 15 is 0 Å². The van der Waals surface area contributed by atoms with Crippen molar-refractivity contribution in [2.24, 2.45) is 11.1 Å². The molecule has 1 aromatic rings. The van der Waals surface area contributed by atoms with Crippen molar-refractivity contribution in [1.82, 2.24) is 4.98 Å². The predicted octanol–water partition coefficient (Wildman–Crippen LogP) is 2.32. The Hall–Kier alpha value is -1.16. The van der Waals surface area contributed by atoms with Gasteiger partial charge in [-0.2, -0.15) is 0 Å². The lowest BCUT2D eigenvalue weighted by Crippen LogP contribution is -2.33. The quantitative estimate of drug-likeness (QED) is 0.786. The van der Waals surface area contributed by atoms with Crippen LogP contribution in [0.25, 0.3) is 0 Å². The number of pyridine rings is 1. The minimum Gasteiger partial charge on any atom is -0.389 e. The summed E-state index contributed by atoms with van der Waals surface area (Å²) in [5.74, 6) is 0.860. The molecular formula is C12H17N3S. The van der Waals surface area contributed by atoms with Crippen LogP contribution in [0, 0.1) is 5.41 Å². The van der Waals surface area contributed by atoms with Crippen LogP contribution in [0.15, 0.2) is 18.3 Å². The van der Waals surface area contributed by atoms with Crippen molar-refractivity contribution in [3.63, 3.8) is 0 Å². The highest BCUT2D eigenvalue weighted by Crippen LogP contribution is 2.40. The molecule has 2 rings (SSSR count). The molecule has 0 spiro atoms. The molecule has 0 unspecified atom stereocenters. The number of nitrogens with two attached hydrogens (primary N) is 1. The lowest BCUT2D eigenvalue weighted by molar-refractivity contribution is 0.180. The molecule has 3 N–H and O–H groups in total. The smallest absolute Gasteiger partial charge is 0.126 e. The molecule has 3 nitrogen and oxygen atoms in total. The van der Waals surface area contributed by atoms with Crippen molar-refractivity contribution in [3.8, 4) is 0 Å². The number of hydrogen-bond donors (Lipinski definition) is 2. The molecule has 1 aromatic heterocycles. The van der Waals surface area contributed by atoms with Crippen LogP contribution >= 0.6 is 12.2 Å². The van der Waals surface area contributed by atoms with Crippen molar-refractivity contribution in [2.45, 2.75) is 26.2 Å². The maximum absolute atomic E-state index is 5.58. The van der Waals surface area contributed by atoms with E-state index in [1.807, 2.05) is 12.1 Å². The maximum atomic E-state index is 5.58. The maximum Gasteiger partial charge on any atom is 0.126 e. The molecule has 1 saturated carbocycles. The van der Waals surface area contributed by atoms with Crippen LogP contribution in [-0.4, -0.2) is 16.5 Å². The van der Waals surface area contributed by atoms with Gasteiger partial charge >= 0.3 is 0 Å². The minimum absolute atomic E-state index is 0.417. The normalized spacial score (nSPS) is 17.6. The molecule has 0 aromatic carbocycles. The van der Waals surface area contributed by atoms with Gasteiger partial charge in [-0.15, -0.1) is 0 Å². The summed E-state index contributed by atoms with van der Waals surface area (Å²) in [5.41, 5.74) is 6.89. The second-order valence-electron chi connectivity index (χ2n) is 4.81. The third-order valence-electron chi connectivity index (χ3n) is 3.30. The molecule has 4 heteroatoms. The largest absolute Gasteiger partial charge is 0.389 e. The number of thiocarbonyl (C=S) groups is 1. The lowest BCUT2D eigenvalue weighted by atomic mass is 9.70. The summed E-state index contributed by atoms with van der Waals surface area (Å²) >= 11 is 4.94. The second kappa shape index (κ2) is 4.37. The molecule has 86 valence electrons. The van der Waals surface area contributed by atoms with E-state index in [0.717, 1.165) is 17.9 Å². The van der Waals surface area contributed by atoms with Crippen molar-refractivity contribution in [3.05, 3.63) is 23.9 Å². The Morgan fingerprint density at radius 3 is 2.94 bits per heavy atom. The van der Waals surface area contributed by atoms with Gasteiger partial charge in [-0.05, 0) is 30.4 Å². The van der Waals surface area contributed by atoms with Crippen LogP contribution in [0.4, 0.5) is 5.82 Å².